The summed E-state index contributed by atoms with van der Waals surface area (Å²) in [6, 6.07) is 0. The average molecular weight is 256 g/mol. The highest BCUT2D eigenvalue weighted by Gasteiger charge is 2.27. The molecule has 0 heterocycles. The van der Waals surface area contributed by atoms with E-state index in [1.807, 2.05) is 11.9 Å². The highest BCUT2D eigenvalue weighted by molar-refractivity contribution is 4.56. The molecule has 0 bridgehead atoms. The molecule has 0 saturated heterocycles. The summed E-state index contributed by atoms with van der Waals surface area (Å²) in [4.78, 5) is 1.95. The molecule has 0 aliphatic rings. The number of ether oxygens (including phenoxy) is 1. The number of nitrogens with one attached hydrogen (secondary N) is 1. The van der Waals surface area contributed by atoms with E-state index in [9.17, 15) is 13.2 Å². The van der Waals surface area contributed by atoms with Crippen molar-refractivity contribution in [2.75, 3.05) is 46.4 Å². The molecule has 0 spiro atoms. The Morgan fingerprint density at radius 1 is 1.24 bits per heavy atom. The molecule has 0 amide bonds. The van der Waals surface area contributed by atoms with Crippen LogP contribution in [0.4, 0.5) is 13.2 Å². The molecule has 0 unspecified atom stereocenters. The fourth-order valence-electron chi connectivity index (χ4n) is 1.18. The first-order chi connectivity index (χ1) is 7.81. The monoisotopic (exact) mass is 256 g/mol. The van der Waals surface area contributed by atoms with E-state index in [-0.39, 0.29) is 6.61 Å². The summed E-state index contributed by atoms with van der Waals surface area (Å²) in [5.41, 5.74) is 0. The Morgan fingerprint density at radius 2 is 1.88 bits per heavy atom. The largest absolute Gasteiger partial charge is 0.411 e. The molecule has 0 fully saturated rings. The van der Waals surface area contributed by atoms with Gasteiger partial charge >= 0.3 is 6.18 Å². The van der Waals surface area contributed by atoms with Crippen LogP contribution in [0.25, 0.3) is 0 Å². The van der Waals surface area contributed by atoms with Crippen LogP contribution >= 0.6 is 0 Å². The highest BCUT2D eigenvalue weighted by Crippen LogP contribution is 2.14. The quantitative estimate of drug-likeness (QED) is 0.636. The van der Waals surface area contributed by atoms with Gasteiger partial charge in [-0.2, -0.15) is 13.2 Å². The molecule has 0 atom stereocenters. The predicted octanol–water partition coefficient (Wildman–Crippen LogP) is 1.74. The molecule has 0 aromatic carbocycles. The third-order valence-electron chi connectivity index (χ3n) is 2.11. The molecular weight excluding hydrogens is 233 g/mol. The summed E-state index contributed by atoms with van der Waals surface area (Å²) < 4.78 is 39.8. The zero-order valence-electron chi connectivity index (χ0n) is 10.8. The zero-order valence-corrected chi connectivity index (χ0v) is 10.8. The Kier molecular flexibility index (Phi) is 8.55. The minimum Gasteiger partial charge on any atom is -0.371 e. The molecule has 6 heteroatoms. The summed E-state index contributed by atoms with van der Waals surface area (Å²) in [6.07, 6.45) is -4.22. The van der Waals surface area contributed by atoms with Crippen LogP contribution in [0.1, 0.15) is 13.8 Å². The van der Waals surface area contributed by atoms with Gasteiger partial charge in [0.25, 0.3) is 0 Å². The van der Waals surface area contributed by atoms with Gasteiger partial charge in [0.2, 0.25) is 0 Å². The predicted molar refractivity (Wildman–Crippen MR) is 62.1 cm³/mol. The van der Waals surface area contributed by atoms with Crippen molar-refractivity contribution in [1.82, 2.24) is 10.2 Å². The minimum absolute atomic E-state index is 0.111. The van der Waals surface area contributed by atoms with Gasteiger partial charge in [0.15, 0.2) is 0 Å². The Hall–Kier alpha value is -0.330. The second-order valence-electron chi connectivity index (χ2n) is 4.57. The van der Waals surface area contributed by atoms with E-state index in [1.165, 1.54) is 0 Å². The van der Waals surface area contributed by atoms with Gasteiger partial charge in [-0.1, -0.05) is 13.8 Å². The molecule has 1 N–H and O–H groups in total. The van der Waals surface area contributed by atoms with Crippen molar-refractivity contribution in [3.8, 4) is 0 Å². The van der Waals surface area contributed by atoms with Crippen LogP contribution in [-0.4, -0.2) is 57.5 Å². The maximum atomic E-state index is 11.8. The van der Waals surface area contributed by atoms with Crippen molar-refractivity contribution in [1.29, 1.82) is 0 Å². The van der Waals surface area contributed by atoms with Crippen LogP contribution in [0.2, 0.25) is 0 Å². The topological polar surface area (TPSA) is 24.5 Å². The average Bonchev–Trinajstić information content (AvgIpc) is 2.18. The third-order valence-corrected chi connectivity index (χ3v) is 2.11. The Morgan fingerprint density at radius 3 is 2.41 bits per heavy atom. The van der Waals surface area contributed by atoms with Crippen LogP contribution in [0, 0.1) is 5.92 Å². The first-order valence-corrected chi connectivity index (χ1v) is 5.85. The van der Waals surface area contributed by atoms with Crippen molar-refractivity contribution in [2.24, 2.45) is 5.92 Å². The number of rotatable bonds is 9. The molecule has 0 saturated carbocycles. The van der Waals surface area contributed by atoms with Crippen molar-refractivity contribution in [2.45, 2.75) is 20.0 Å². The zero-order chi connectivity index (χ0) is 13.3. The smallest absolute Gasteiger partial charge is 0.371 e. The van der Waals surface area contributed by atoms with Crippen molar-refractivity contribution in [3.05, 3.63) is 0 Å². The van der Waals surface area contributed by atoms with Gasteiger partial charge in [0.05, 0.1) is 6.61 Å². The normalized spacial score (nSPS) is 12.7. The lowest BCUT2D eigenvalue weighted by Gasteiger charge is -2.17. The van der Waals surface area contributed by atoms with Crippen molar-refractivity contribution < 1.29 is 17.9 Å². The summed E-state index contributed by atoms with van der Waals surface area (Å²) in [6.45, 7) is 6.32. The standard InChI is InChI=1S/C11H23F3N2O/c1-10(2)8-15-4-5-16(3)6-7-17-9-11(12,13)14/h10,15H,4-9H2,1-3H3. The first kappa shape index (κ1) is 16.7. The molecule has 0 aromatic heterocycles. The van der Waals surface area contributed by atoms with Crippen molar-refractivity contribution in [3.63, 3.8) is 0 Å². The number of hydrogen-bond donors (Lipinski definition) is 1. The second-order valence-corrected chi connectivity index (χ2v) is 4.57. The molecule has 0 rings (SSSR count). The molecule has 0 aliphatic heterocycles. The van der Waals surface area contributed by atoms with Crippen LogP contribution in [-0.2, 0) is 4.74 Å². The SMILES string of the molecule is CC(C)CNCCN(C)CCOCC(F)(F)F. The van der Waals surface area contributed by atoms with Gasteiger partial charge in [-0.15, -0.1) is 0 Å². The third kappa shape index (κ3) is 13.6. The van der Waals surface area contributed by atoms with E-state index in [0.29, 0.717) is 12.5 Å². The van der Waals surface area contributed by atoms with E-state index in [0.717, 1.165) is 19.6 Å². The minimum atomic E-state index is -4.22. The van der Waals surface area contributed by atoms with Crippen LogP contribution < -0.4 is 5.32 Å². The summed E-state index contributed by atoms with van der Waals surface area (Å²) >= 11 is 0. The van der Waals surface area contributed by atoms with E-state index in [4.69, 9.17) is 0 Å². The Labute approximate surface area is 101 Å². The molecule has 3 nitrogen and oxygen atoms in total. The number of halogens is 3. The van der Waals surface area contributed by atoms with Crippen LogP contribution in [0.5, 0.6) is 0 Å². The molecule has 104 valence electrons. The van der Waals surface area contributed by atoms with Gasteiger partial charge in [0, 0.05) is 19.6 Å². The summed E-state index contributed by atoms with van der Waals surface area (Å²) in [5, 5.41) is 3.27. The number of alkyl halides is 3. The number of hydrogen-bond acceptors (Lipinski definition) is 3. The molecule has 0 aliphatic carbocycles. The lowest BCUT2D eigenvalue weighted by atomic mass is 10.2. The fraction of sp³-hybridized carbons (Fsp3) is 1.00. The molecule has 0 aromatic rings. The first-order valence-electron chi connectivity index (χ1n) is 5.85. The Bertz CT molecular complexity index is 186. The van der Waals surface area contributed by atoms with Crippen LogP contribution in [0.15, 0.2) is 0 Å². The van der Waals surface area contributed by atoms with Crippen LogP contribution in [0.3, 0.4) is 0 Å². The van der Waals surface area contributed by atoms with E-state index >= 15 is 0 Å². The summed E-state index contributed by atoms with van der Waals surface area (Å²) in [7, 11) is 1.87. The van der Waals surface area contributed by atoms with Gasteiger partial charge in [-0.3, -0.25) is 0 Å². The number of likely N-dealkylation sites (N-methyl/N-ethyl adjacent to an activating group) is 1. The lowest BCUT2D eigenvalue weighted by Crippen LogP contribution is -2.33. The summed E-state index contributed by atoms with van der Waals surface area (Å²) in [5.74, 6) is 0.607. The highest BCUT2D eigenvalue weighted by atomic mass is 19.4. The molecule has 17 heavy (non-hydrogen) atoms. The van der Waals surface area contributed by atoms with Gasteiger partial charge in [-0.25, -0.2) is 0 Å². The number of nitrogens with zero attached hydrogens (tertiary/aromatic N) is 1. The van der Waals surface area contributed by atoms with Gasteiger partial charge in [-0.05, 0) is 19.5 Å². The molecular formula is C11H23F3N2O. The maximum absolute atomic E-state index is 11.8. The van der Waals surface area contributed by atoms with E-state index < -0.39 is 12.8 Å². The van der Waals surface area contributed by atoms with Crippen molar-refractivity contribution >= 4 is 0 Å². The maximum Gasteiger partial charge on any atom is 0.411 e. The van der Waals surface area contributed by atoms with Gasteiger partial charge in [0.1, 0.15) is 6.61 Å². The Balaban J connectivity index is 3.32. The fourth-order valence-corrected chi connectivity index (χ4v) is 1.18. The second kappa shape index (κ2) is 8.72. The van der Waals surface area contributed by atoms with Gasteiger partial charge < -0.3 is 15.0 Å². The van der Waals surface area contributed by atoms with E-state index in [2.05, 4.69) is 23.9 Å². The van der Waals surface area contributed by atoms with E-state index in [1.54, 1.807) is 0 Å². The molecule has 0 radical (unpaired) electrons. The lowest BCUT2D eigenvalue weighted by molar-refractivity contribution is -0.174.